The number of piperidine rings is 1. The molecule has 144 valence electrons. The Balaban J connectivity index is 1.44. The van der Waals surface area contributed by atoms with Crippen molar-refractivity contribution in [2.45, 2.75) is 45.6 Å². The van der Waals surface area contributed by atoms with Crippen LogP contribution in [0.5, 0.6) is 0 Å². The van der Waals surface area contributed by atoms with Crippen molar-refractivity contribution in [3.8, 4) is 0 Å². The first-order valence-electron chi connectivity index (χ1n) is 9.97. The predicted octanol–water partition coefficient (Wildman–Crippen LogP) is 2.80. The van der Waals surface area contributed by atoms with Gasteiger partial charge in [-0.3, -0.25) is 9.59 Å². The number of likely N-dealkylation sites (tertiary alicyclic amines) is 2. The number of benzene rings is 1. The van der Waals surface area contributed by atoms with E-state index in [2.05, 4.69) is 36.6 Å². The zero-order valence-corrected chi connectivity index (χ0v) is 16.4. The van der Waals surface area contributed by atoms with Gasteiger partial charge >= 0.3 is 0 Å². The number of carbonyl (C=O) groups is 2. The number of hydrogen-bond donors (Lipinski definition) is 0. The average Bonchev–Trinajstić information content (AvgIpc) is 3.00. The molecule has 0 N–H and O–H groups in total. The lowest BCUT2D eigenvalue weighted by Crippen LogP contribution is -2.54. The molecule has 1 aromatic heterocycles. The average molecular weight is 368 g/mol. The molecular formula is C21H28N4O2. The topological polar surface area (TPSA) is 58.4 Å². The highest BCUT2D eigenvalue weighted by Crippen LogP contribution is 2.32. The van der Waals surface area contributed by atoms with Crippen LogP contribution in [0.4, 0.5) is 0 Å². The fraction of sp³-hybridized carbons (Fsp3) is 0.571. The normalized spacial score (nSPS) is 19.0. The van der Waals surface area contributed by atoms with Crippen molar-refractivity contribution in [3.63, 3.8) is 0 Å². The monoisotopic (exact) mass is 368 g/mol. The lowest BCUT2D eigenvalue weighted by molar-refractivity contribution is -0.144. The molecule has 6 heteroatoms. The molecule has 2 aliphatic rings. The molecular weight excluding hydrogens is 340 g/mol. The Hall–Kier alpha value is -2.37. The molecule has 0 atom stereocenters. The molecule has 6 nitrogen and oxygen atoms in total. The molecule has 27 heavy (non-hydrogen) atoms. The SMILES string of the molecule is CC(=O)N1CCC(C(=O)N2CC(n3c(C(C)C)nc4ccccc43)C2)CC1. The van der Waals surface area contributed by atoms with E-state index >= 15 is 0 Å². The van der Waals surface area contributed by atoms with Crippen molar-refractivity contribution in [2.24, 2.45) is 5.92 Å². The summed E-state index contributed by atoms with van der Waals surface area (Å²) in [6.07, 6.45) is 1.57. The Morgan fingerprint density at radius 2 is 1.74 bits per heavy atom. The molecule has 0 unspecified atom stereocenters. The Bertz CT molecular complexity index is 858. The first kappa shape index (κ1) is 18.0. The number of para-hydroxylation sites is 2. The molecule has 3 heterocycles. The van der Waals surface area contributed by atoms with E-state index in [1.165, 1.54) is 0 Å². The van der Waals surface area contributed by atoms with Crippen molar-refractivity contribution in [1.29, 1.82) is 0 Å². The summed E-state index contributed by atoms with van der Waals surface area (Å²) < 4.78 is 2.34. The van der Waals surface area contributed by atoms with Crippen molar-refractivity contribution in [3.05, 3.63) is 30.1 Å². The summed E-state index contributed by atoms with van der Waals surface area (Å²) in [6.45, 7) is 8.85. The number of imidazole rings is 1. The van der Waals surface area contributed by atoms with Crippen molar-refractivity contribution in [1.82, 2.24) is 19.4 Å². The molecule has 0 spiro atoms. The molecule has 2 fully saturated rings. The van der Waals surface area contributed by atoms with Gasteiger partial charge in [0.2, 0.25) is 11.8 Å². The summed E-state index contributed by atoms with van der Waals surface area (Å²) in [7, 11) is 0. The highest BCUT2D eigenvalue weighted by molar-refractivity contribution is 5.81. The zero-order valence-electron chi connectivity index (χ0n) is 16.4. The van der Waals surface area contributed by atoms with E-state index in [1.54, 1.807) is 6.92 Å². The van der Waals surface area contributed by atoms with E-state index in [-0.39, 0.29) is 17.7 Å². The van der Waals surface area contributed by atoms with Crippen LogP contribution in [0.1, 0.15) is 51.4 Å². The summed E-state index contributed by atoms with van der Waals surface area (Å²) in [5.41, 5.74) is 2.19. The van der Waals surface area contributed by atoms with Crippen LogP contribution < -0.4 is 0 Å². The molecule has 1 aromatic carbocycles. The van der Waals surface area contributed by atoms with E-state index in [9.17, 15) is 9.59 Å². The number of fused-ring (bicyclic) bond motifs is 1. The molecule has 0 saturated carbocycles. The second-order valence-corrected chi connectivity index (χ2v) is 8.16. The highest BCUT2D eigenvalue weighted by Gasteiger charge is 2.38. The maximum atomic E-state index is 12.9. The van der Waals surface area contributed by atoms with Gasteiger partial charge in [0.15, 0.2) is 0 Å². The van der Waals surface area contributed by atoms with Gasteiger partial charge in [0.1, 0.15) is 5.82 Å². The predicted molar refractivity (Wildman–Crippen MR) is 104 cm³/mol. The molecule has 0 bridgehead atoms. The van der Waals surface area contributed by atoms with Gasteiger partial charge in [-0.05, 0) is 25.0 Å². The highest BCUT2D eigenvalue weighted by atomic mass is 16.2. The van der Waals surface area contributed by atoms with E-state index < -0.39 is 0 Å². The summed E-state index contributed by atoms with van der Waals surface area (Å²) in [5.74, 6) is 1.87. The molecule has 4 rings (SSSR count). The maximum Gasteiger partial charge on any atom is 0.225 e. The van der Waals surface area contributed by atoms with Crippen LogP contribution in [0.3, 0.4) is 0 Å². The van der Waals surface area contributed by atoms with Crippen LogP contribution in [0.25, 0.3) is 11.0 Å². The minimum absolute atomic E-state index is 0.0608. The van der Waals surface area contributed by atoms with E-state index in [0.717, 1.165) is 42.8 Å². The molecule has 2 aromatic rings. The third kappa shape index (κ3) is 3.22. The largest absolute Gasteiger partial charge is 0.343 e. The van der Waals surface area contributed by atoms with Crippen LogP contribution in [0, 0.1) is 5.92 Å². The van der Waals surface area contributed by atoms with E-state index in [4.69, 9.17) is 4.98 Å². The minimum atomic E-state index is 0.0608. The van der Waals surface area contributed by atoms with Gasteiger partial charge in [-0.15, -0.1) is 0 Å². The quantitative estimate of drug-likeness (QED) is 0.837. The standard InChI is InChI=1S/C21H28N4O2/c1-14(2)20-22-18-6-4-5-7-19(18)25(20)17-12-24(13-17)21(27)16-8-10-23(11-9-16)15(3)26/h4-7,14,16-17H,8-13H2,1-3H3. The van der Waals surface area contributed by atoms with Gasteiger partial charge in [0.25, 0.3) is 0 Å². The summed E-state index contributed by atoms with van der Waals surface area (Å²) in [4.78, 5) is 33.0. The summed E-state index contributed by atoms with van der Waals surface area (Å²) >= 11 is 0. The van der Waals surface area contributed by atoms with Crippen LogP contribution in [0.15, 0.2) is 24.3 Å². The van der Waals surface area contributed by atoms with Crippen LogP contribution in [-0.4, -0.2) is 57.3 Å². The maximum absolute atomic E-state index is 12.9. The fourth-order valence-electron chi connectivity index (χ4n) is 4.35. The van der Waals surface area contributed by atoms with E-state index in [1.807, 2.05) is 15.9 Å². The van der Waals surface area contributed by atoms with Gasteiger partial charge in [-0.2, -0.15) is 0 Å². The van der Waals surface area contributed by atoms with Crippen molar-refractivity contribution >= 4 is 22.8 Å². The third-order valence-electron chi connectivity index (χ3n) is 5.97. The van der Waals surface area contributed by atoms with E-state index in [0.29, 0.717) is 25.0 Å². The second kappa shape index (κ2) is 6.98. The van der Waals surface area contributed by atoms with Crippen LogP contribution in [0.2, 0.25) is 0 Å². The zero-order chi connectivity index (χ0) is 19.1. The lowest BCUT2D eigenvalue weighted by atomic mass is 9.93. The molecule has 0 aliphatic carbocycles. The number of amides is 2. The van der Waals surface area contributed by atoms with Crippen molar-refractivity contribution < 1.29 is 9.59 Å². The molecule has 2 saturated heterocycles. The van der Waals surface area contributed by atoms with Gasteiger partial charge in [-0.1, -0.05) is 26.0 Å². The third-order valence-corrected chi connectivity index (χ3v) is 5.97. The Labute approximate surface area is 160 Å². The van der Waals surface area contributed by atoms with Gasteiger partial charge in [0.05, 0.1) is 17.1 Å². The number of rotatable bonds is 3. The molecule has 2 amide bonds. The van der Waals surface area contributed by atoms with Crippen molar-refractivity contribution in [2.75, 3.05) is 26.2 Å². The summed E-state index contributed by atoms with van der Waals surface area (Å²) in [6, 6.07) is 8.55. The fourth-order valence-corrected chi connectivity index (χ4v) is 4.35. The van der Waals surface area contributed by atoms with Gasteiger partial charge < -0.3 is 14.4 Å². The number of aromatic nitrogens is 2. The minimum Gasteiger partial charge on any atom is -0.343 e. The second-order valence-electron chi connectivity index (χ2n) is 8.16. The molecule has 0 radical (unpaired) electrons. The Morgan fingerprint density at radius 1 is 1.07 bits per heavy atom. The molecule has 2 aliphatic heterocycles. The van der Waals surface area contributed by atoms with Crippen LogP contribution in [-0.2, 0) is 9.59 Å². The number of carbonyl (C=O) groups excluding carboxylic acids is 2. The first-order chi connectivity index (χ1) is 13.0. The Morgan fingerprint density at radius 3 is 2.37 bits per heavy atom. The lowest BCUT2D eigenvalue weighted by Gasteiger charge is -2.43. The van der Waals surface area contributed by atoms with Crippen LogP contribution >= 0.6 is 0 Å². The number of nitrogens with zero attached hydrogens (tertiary/aromatic N) is 4. The van der Waals surface area contributed by atoms with Gasteiger partial charge in [-0.25, -0.2) is 4.98 Å². The number of hydrogen-bond acceptors (Lipinski definition) is 3. The smallest absolute Gasteiger partial charge is 0.225 e. The first-order valence-corrected chi connectivity index (χ1v) is 9.97. The Kier molecular flexibility index (Phi) is 4.66. The van der Waals surface area contributed by atoms with Gasteiger partial charge in [0, 0.05) is 44.9 Å². The summed E-state index contributed by atoms with van der Waals surface area (Å²) in [5, 5.41) is 0.